The Morgan fingerprint density at radius 1 is 1.26 bits per heavy atom. The lowest BCUT2D eigenvalue weighted by molar-refractivity contribution is 0.340. The summed E-state index contributed by atoms with van der Waals surface area (Å²) in [5.41, 5.74) is 0.862. The van der Waals surface area contributed by atoms with Crippen LogP contribution in [-0.2, 0) is 9.84 Å². The van der Waals surface area contributed by atoms with Gasteiger partial charge in [0.15, 0.2) is 9.84 Å². The zero-order valence-corrected chi connectivity index (χ0v) is 12.0. The number of fused-ring (bicyclic) bond motifs is 1. The molecule has 0 amide bonds. The van der Waals surface area contributed by atoms with E-state index in [1.165, 1.54) is 19.1 Å². The second kappa shape index (κ2) is 4.80. The Morgan fingerprint density at radius 2 is 2.05 bits per heavy atom. The molecule has 19 heavy (non-hydrogen) atoms. The second-order valence-corrected chi connectivity index (χ2v) is 7.59. The van der Waals surface area contributed by atoms with E-state index >= 15 is 0 Å². The highest BCUT2D eigenvalue weighted by atomic mass is 32.2. The predicted octanol–water partition coefficient (Wildman–Crippen LogP) is 1.28. The van der Waals surface area contributed by atoms with Gasteiger partial charge in [-0.3, -0.25) is 0 Å². The zero-order valence-electron chi connectivity index (χ0n) is 11.2. The molecule has 4 nitrogen and oxygen atoms in total. The van der Waals surface area contributed by atoms with Crippen molar-refractivity contribution in [1.82, 2.24) is 5.32 Å². The molecule has 0 unspecified atom stereocenters. The van der Waals surface area contributed by atoms with Gasteiger partial charge in [-0.05, 0) is 37.4 Å². The van der Waals surface area contributed by atoms with Crippen molar-refractivity contribution in [3.8, 4) is 0 Å². The van der Waals surface area contributed by atoms with E-state index in [0.29, 0.717) is 16.9 Å². The van der Waals surface area contributed by atoms with Crippen LogP contribution in [0.3, 0.4) is 0 Å². The number of rotatable bonds is 2. The first-order valence-electron chi connectivity index (χ1n) is 6.83. The standard InChI is InChI=1S/C14H20N2O2S/c1-19(17,18)14-7-3-2-6-13(14)16-9-11-5-4-8-15-12(11)10-16/h2-3,6-7,11-12,15H,4-5,8-10H2,1H3/t11-,12+/m0/s1. The van der Waals surface area contributed by atoms with Gasteiger partial charge in [-0.1, -0.05) is 12.1 Å². The van der Waals surface area contributed by atoms with E-state index in [4.69, 9.17) is 0 Å². The van der Waals surface area contributed by atoms with Gasteiger partial charge in [0, 0.05) is 25.4 Å². The van der Waals surface area contributed by atoms with Crippen LogP contribution in [-0.4, -0.2) is 40.3 Å². The van der Waals surface area contributed by atoms with Crippen LogP contribution in [0.2, 0.25) is 0 Å². The maximum absolute atomic E-state index is 11.9. The van der Waals surface area contributed by atoms with Crippen LogP contribution in [0.25, 0.3) is 0 Å². The zero-order chi connectivity index (χ0) is 13.5. The first-order chi connectivity index (χ1) is 9.05. The highest BCUT2D eigenvalue weighted by Gasteiger charge is 2.35. The molecule has 5 heteroatoms. The lowest BCUT2D eigenvalue weighted by Crippen LogP contribution is -2.40. The molecule has 1 aromatic carbocycles. The number of hydrogen-bond donors (Lipinski definition) is 1. The van der Waals surface area contributed by atoms with Gasteiger partial charge in [0.2, 0.25) is 0 Å². The fraction of sp³-hybridized carbons (Fsp3) is 0.571. The van der Waals surface area contributed by atoms with Crippen LogP contribution < -0.4 is 10.2 Å². The van der Waals surface area contributed by atoms with E-state index in [1.807, 2.05) is 12.1 Å². The van der Waals surface area contributed by atoms with Crippen LogP contribution in [0.15, 0.2) is 29.2 Å². The number of para-hydroxylation sites is 1. The summed E-state index contributed by atoms with van der Waals surface area (Å²) in [6.07, 6.45) is 3.76. The first kappa shape index (κ1) is 12.9. The van der Waals surface area contributed by atoms with Crippen LogP contribution >= 0.6 is 0 Å². The Bertz CT molecular complexity index is 557. The van der Waals surface area contributed by atoms with E-state index in [0.717, 1.165) is 25.3 Å². The van der Waals surface area contributed by atoms with E-state index in [9.17, 15) is 8.42 Å². The number of hydrogen-bond acceptors (Lipinski definition) is 4. The molecular formula is C14H20N2O2S. The Morgan fingerprint density at radius 3 is 2.79 bits per heavy atom. The summed E-state index contributed by atoms with van der Waals surface area (Å²) in [6.45, 7) is 2.96. The third-order valence-electron chi connectivity index (χ3n) is 4.20. The average molecular weight is 280 g/mol. The minimum Gasteiger partial charge on any atom is -0.369 e. The summed E-state index contributed by atoms with van der Waals surface area (Å²) in [4.78, 5) is 2.68. The van der Waals surface area contributed by atoms with Crippen molar-refractivity contribution in [1.29, 1.82) is 0 Å². The van der Waals surface area contributed by atoms with Crippen molar-refractivity contribution in [3.63, 3.8) is 0 Å². The number of sulfone groups is 1. The molecule has 0 aliphatic carbocycles. The topological polar surface area (TPSA) is 49.4 Å². The molecule has 2 fully saturated rings. The fourth-order valence-electron chi connectivity index (χ4n) is 3.28. The van der Waals surface area contributed by atoms with Crippen LogP contribution in [0.1, 0.15) is 12.8 Å². The van der Waals surface area contributed by atoms with Crippen molar-refractivity contribution < 1.29 is 8.42 Å². The van der Waals surface area contributed by atoms with Crippen LogP contribution in [0.4, 0.5) is 5.69 Å². The SMILES string of the molecule is CS(=O)(=O)c1ccccc1N1C[C@@H]2CCCN[C@@H]2C1. The molecule has 2 aliphatic heterocycles. The minimum atomic E-state index is -3.17. The van der Waals surface area contributed by atoms with Gasteiger partial charge in [-0.25, -0.2) is 8.42 Å². The number of piperidine rings is 1. The Labute approximate surface area is 114 Å². The lowest BCUT2D eigenvalue weighted by atomic mass is 9.94. The minimum absolute atomic E-state index is 0.452. The summed E-state index contributed by atoms with van der Waals surface area (Å²) in [7, 11) is -3.17. The summed E-state index contributed by atoms with van der Waals surface area (Å²) >= 11 is 0. The Kier molecular flexibility index (Phi) is 3.27. The van der Waals surface area contributed by atoms with Crippen molar-refractivity contribution >= 4 is 15.5 Å². The molecule has 2 aliphatic rings. The maximum atomic E-state index is 11.9. The Balaban J connectivity index is 1.91. The normalized spacial score (nSPS) is 27.3. The summed E-state index contributed by atoms with van der Waals surface area (Å²) in [5.74, 6) is 0.654. The summed E-state index contributed by atoms with van der Waals surface area (Å²) < 4.78 is 23.8. The predicted molar refractivity (Wildman–Crippen MR) is 76.3 cm³/mol. The van der Waals surface area contributed by atoms with Gasteiger partial charge >= 0.3 is 0 Å². The highest BCUT2D eigenvalue weighted by molar-refractivity contribution is 7.90. The van der Waals surface area contributed by atoms with Crippen LogP contribution in [0.5, 0.6) is 0 Å². The maximum Gasteiger partial charge on any atom is 0.177 e. The molecule has 1 N–H and O–H groups in total. The van der Waals surface area contributed by atoms with Crippen molar-refractivity contribution in [2.75, 3.05) is 30.8 Å². The number of nitrogens with zero attached hydrogens (tertiary/aromatic N) is 1. The smallest absolute Gasteiger partial charge is 0.177 e. The molecule has 0 aromatic heterocycles. The molecule has 0 bridgehead atoms. The highest BCUT2D eigenvalue weighted by Crippen LogP contribution is 2.32. The lowest BCUT2D eigenvalue weighted by Gasteiger charge is -2.24. The van der Waals surface area contributed by atoms with Crippen molar-refractivity contribution in [2.45, 2.75) is 23.8 Å². The molecule has 0 radical (unpaired) electrons. The molecule has 2 atom stereocenters. The van der Waals surface area contributed by atoms with E-state index in [2.05, 4.69) is 10.2 Å². The number of benzene rings is 1. The molecule has 2 saturated heterocycles. The van der Waals surface area contributed by atoms with Crippen LogP contribution in [0, 0.1) is 5.92 Å². The van der Waals surface area contributed by atoms with Gasteiger partial charge < -0.3 is 10.2 Å². The Hall–Kier alpha value is -1.07. The van der Waals surface area contributed by atoms with Crippen molar-refractivity contribution in [2.24, 2.45) is 5.92 Å². The molecular weight excluding hydrogens is 260 g/mol. The molecule has 104 valence electrons. The summed E-state index contributed by atoms with van der Waals surface area (Å²) in [6, 6.07) is 7.86. The monoisotopic (exact) mass is 280 g/mol. The van der Waals surface area contributed by atoms with Crippen molar-refractivity contribution in [3.05, 3.63) is 24.3 Å². The van der Waals surface area contributed by atoms with E-state index in [1.54, 1.807) is 12.1 Å². The first-order valence-corrected chi connectivity index (χ1v) is 8.72. The van der Waals surface area contributed by atoms with Gasteiger partial charge in [-0.2, -0.15) is 0 Å². The fourth-order valence-corrected chi connectivity index (χ4v) is 4.18. The average Bonchev–Trinajstić information content (AvgIpc) is 2.81. The summed E-state index contributed by atoms with van der Waals surface area (Å²) in [5, 5.41) is 3.55. The molecule has 0 saturated carbocycles. The second-order valence-electron chi connectivity index (χ2n) is 5.61. The molecule has 1 aromatic rings. The van der Waals surface area contributed by atoms with Gasteiger partial charge in [0.25, 0.3) is 0 Å². The molecule has 2 heterocycles. The van der Waals surface area contributed by atoms with E-state index < -0.39 is 9.84 Å². The third kappa shape index (κ3) is 2.49. The molecule has 0 spiro atoms. The van der Waals surface area contributed by atoms with Gasteiger partial charge in [0.05, 0.1) is 10.6 Å². The number of anilines is 1. The largest absolute Gasteiger partial charge is 0.369 e. The number of nitrogens with one attached hydrogen (secondary N) is 1. The quantitative estimate of drug-likeness (QED) is 0.886. The van der Waals surface area contributed by atoms with Gasteiger partial charge in [0.1, 0.15) is 0 Å². The molecule has 3 rings (SSSR count). The van der Waals surface area contributed by atoms with E-state index in [-0.39, 0.29) is 0 Å². The van der Waals surface area contributed by atoms with Gasteiger partial charge in [-0.15, -0.1) is 0 Å². The third-order valence-corrected chi connectivity index (χ3v) is 5.35.